The summed E-state index contributed by atoms with van der Waals surface area (Å²) < 4.78 is 126. The molecule has 144 valence electrons. The van der Waals surface area contributed by atoms with E-state index in [1.54, 1.807) is 0 Å². The smallest absolute Gasteiger partial charge is 0.370 e. The number of aromatic nitrogens is 1. The molecule has 0 aliphatic carbocycles. The topological polar surface area (TPSA) is 99.6 Å². The van der Waals surface area contributed by atoms with Crippen LogP contribution < -0.4 is 8.37 Å². The van der Waals surface area contributed by atoms with Gasteiger partial charge in [-0.05, 0) is 12.1 Å². The van der Waals surface area contributed by atoms with Crippen molar-refractivity contribution in [2.45, 2.75) is 11.0 Å². The van der Waals surface area contributed by atoms with Gasteiger partial charge in [0.05, 0.1) is 5.52 Å². The molecule has 0 saturated carbocycles. The summed E-state index contributed by atoms with van der Waals surface area (Å²) in [5, 5.41) is -0.0587. The highest BCUT2D eigenvalue weighted by molar-refractivity contribution is 7.88. The highest BCUT2D eigenvalue weighted by atomic mass is 32.2. The minimum Gasteiger partial charge on any atom is -0.370 e. The molecule has 0 atom stereocenters. The van der Waals surface area contributed by atoms with E-state index in [0.29, 0.717) is 6.07 Å². The van der Waals surface area contributed by atoms with Crippen LogP contribution in [0.4, 0.5) is 26.3 Å². The third-order valence-electron chi connectivity index (χ3n) is 2.61. The fourth-order valence-electron chi connectivity index (χ4n) is 1.51. The van der Waals surface area contributed by atoms with E-state index in [1.807, 2.05) is 0 Å². The zero-order chi connectivity index (χ0) is 20.0. The predicted molar refractivity (Wildman–Crippen MR) is 72.9 cm³/mol. The van der Waals surface area contributed by atoms with Gasteiger partial charge in [-0.25, -0.2) is 4.98 Å². The number of rotatable bonds is 4. The minimum absolute atomic E-state index is 0.0587. The number of hydrogen-bond donors (Lipinski definition) is 0. The quantitative estimate of drug-likeness (QED) is 0.422. The minimum atomic E-state index is -6.35. The third kappa shape index (κ3) is 3.92. The Hall–Kier alpha value is -2.29. The molecule has 0 unspecified atom stereocenters. The number of alkyl halides is 6. The van der Waals surface area contributed by atoms with Crippen LogP contribution in [-0.4, -0.2) is 32.8 Å². The van der Waals surface area contributed by atoms with Gasteiger partial charge in [0.15, 0.2) is 0 Å². The Morgan fingerprint density at radius 2 is 1.31 bits per heavy atom. The summed E-state index contributed by atoms with van der Waals surface area (Å²) in [6.07, 6.45) is 0. The summed E-state index contributed by atoms with van der Waals surface area (Å²) in [6, 6.07) is 5.57. The van der Waals surface area contributed by atoms with Crippen molar-refractivity contribution in [3.63, 3.8) is 0 Å². The maximum Gasteiger partial charge on any atom is 0.534 e. The van der Waals surface area contributed by atoms with Crippen LogP contribution in [0.3, 0.4) is 0 Å². The fraction of sp³-hybridized carbons (Fsp3) is 0.182. The number of nitrogens with zero attached hydrogens (tertiary/aromatic N) is 1. The van der Waals surface area contributed by atoms with Crippen LogP contribution >= 0.6 is 0 Å². The van der Waals surface area contributed by atoms with E-state index in [1.165, 1.54) is 18.2 Å². The second-order valence-corrected chi connectivity index (χ2v) is 7.53. The Balaban J connectivity index is 2.64. The third-order valence-corrected chi connectivity index (χ3v) is 4.52. The zero-order valence-corrected chi connectivity index (χ0v) is 13.5. The number of fused-ring (bicyclic) bond motifs is 1. The van der Waals surface area contributed by atoms with E-state index in [-0.39, 0.29) is 10.9 Å². The number of halogens is 6. The lowest BCUT2D eigenvalue weighted by Gasteiger charge is -2.14. The molecule has 0 aliphatic rings. The maximum atomic E-state index is 12.4. The molecule has 7 nitrogen and oxygen atoms in total. The van der Waals surface area contributed by atoms with Gasteiger partial charge >= 0.3 is 31.3 Å². The monoisotopic (exact) mass is 425 g/mol. The molecular formula is C11H5F6NO6S2. The summed E-state index contributed by atoms with van der Waals surface area (Å²) in [5.74, 6) is -3.12. The van der Waals surface area contributed by atoms with Gasteiger partial charge in [-0.1, -0.05) is 18.2 Å². The zero-order valence-electron chi connectivity index (χ0n) is 11.9. The summed E-state index contributed by atoms with van der Waals surface area (Å²) in [5.41, 5.74) is -12.1. The van der Waals surface area contributed by atoms with Gasteiger partial charge in [0.25, 0.3) is 5.88 Å². The van der Waals surface area contributed by atoms with Crippen molar-refractivity contribution in [1.82, 2.24) is 4.98 Å². The Kier molecular flexibility index (Phi) is 4.74. The summed E-state index contributed by atoms with van der Waals surface area (Å²) in [6.45, 7) is 0. The molecule has 15 heteroatoms. The van der Waals surface area contributed by atoms with Crippen molar-refractivity contribution in [2.24, 2.45) is 0 Å². The van der Waals surface area contributed by atoms with E-state index in [0.717, 1.165) is 6.07 Å². The molecule has 0 fully saturated rings. The lowest BCUT2D eigenvalue weighted by molar-refractivity contribution is -0.0514. The van der Waals surface area contributed by atoms with Crippen LogP contribution in [0.2, 0.25) is 0 Å². The van der Waals surface area contributed by atoms with Crippen LogP contribution in [0.15, 0.2) is 30.3 Å². The van der Waals surface area contributed by atoms with Gasteiger partial charge in [0.2, 0.25) is 5.75 Å². The average Bonchev–Trinajstić information content (AvgIpc) is 2.44. The highest BCUT2D eigenvalue weighted by Crippen LogP contribution is 2.36. The molecule has 0 bridgehead atoms. The van der Waals surface area contributed by atoms with Crippen molar-refractivity contribution >= 4 is 31.1 Å². The van der Waals surface area contributed by atoms with Crippen LogP contribution in [0, 0.1) is 0 Å². The second kappa shape index (κ2) is 6.15. The van der Waals surface area contributed by atoms with E-state index >= 15 is 0 Å². The van der Waals surface area contributed by atoms with Gasteiger partial charge in [-0.3, -0.25) is 0 Å². The summed E-state index contributed by atoms with van der Waals surface area (Å²) >= 11 is 0. The second-order valence-electron chi connectivity index (χ2n) is 4.45. The first-order valence-corrected chi connectivity index (χ1v) is 8.87. The van der Waals surface area contributed by atoms with Crippen molar-refractivity contribution in [3.05, 3.63) is 30.3 Å². The number of benzene rings is 1. The molecule has 0 N–H and O–H groups in total. The largest absolute Gasteiger partial charge is 0.534 e. The molecule has 2 rings (SSSR count). The average molecular weight is 425 g/mol. The van der Waals surface area contributed by atoms with Gasteiger partial charge in [0.1, 0.15) is 0 Å². The molecule has 1 aromatic carbocycles. The Labute approximate surface area is 141 Å². The highest BCUT2D eigenvalue weighted by Gasteiger charge is 2.51. The summed E-state index contributed by atoms with van der Waals surface area (Å²) in [7, 11) is -12.7. The van der Waals surface area contributed by atoms with E-state index in [2.05, 4.69) is 13.4 Å². The number of pyridine rings is 1. The molecule has 0 radical (unpaired) electrons. The lowest BCUT2D eigenvalue weighted by atomic mass is 10.2. The molecule has 26 heavy (non-hydrogen) atoms. The number of hydrogen-bond acceptors (Lipinski definition) is 7. The molecule has 0 saturated heterocycles. The first-order valence-electron chi connectivity index (χ1n) is 6.05. The molecule has 0 spiro atoms. The molecule has 2 aromatic rings. The van der Waals surface area contributed by atoms with E-state index in [9.17, 15) is 43.2 Å². The Bertz CT molecular complexity index is 961. The van der Waals surface area contributed by atoms with Crippen molar-refractivity contribution in [3.8, 4) is 11.6 Å². The van der Waals surface area contributed by atoms with Gasteiger partial charge in [-0.15, -0.1) is 0 Å². The van der Waals surface area contributed by atoms with Crippen molar-refractivity contribution in [1.29, 1.82) is 0 Å². The molecule has 0 amide bonds. The normalized spacial score (nSPS) is 13.6. The van der Waals surface area contributed by atoms with Gasteiger partial charge in [0, 0.05) is 5.39 Å². The summed E-state index contributed by atoms with van der Waals surface area (Å²) in [4.78, 5) is 3.28. The first kappa shape index (κ1) is 20.0. The van der Waals surface area contributed by atoms with Crippen LogP contribution in [0.5, 0.6) is 11.6 Å². The standard InChI is InChI=1S/C11H5F6NO6S2/c12-10(13,14)25(19,20)23-8-5-6-3-1-2-4-7(6)18-9(8)24-26(21,22)11(15,16)17/h1-5H. The molecular weight excluding hydrogens is 420 g/mol. The predicted octanol–water partition coefficient (Wildman–Crippen LogP) is 2.69. The van der Waals surface area contributed by atoms with Crippen molar-refractivity contribution < 1.29 is 51.5 Å². The van der Waals surface area contributed by atoms with Crippen LogP contribution in [-0.2, 0) is 20.2 Å². The van der Waals surface area contributed by atoms with Crippen LogP contribution in [0.1, 0.15) is 0 Å². The first-order chi connectivity index (χ1) is 11.6. The Morgan fingerprint density at radius 1 is 0.808 bits per heavy atom. The SMILES string of the molecule is O=S(=O)(Oc1cc2ccccc2nc1OS(=O)(=O)C(F)(F)F)C(F)(F)F. The lowest BCUT2D eigenvalue weighted by Crippen LogP contribution is -2.30. The molecule has 0 aliphatic heterocycles. The molecule has 1 heterocycles. The number of para-hydroxylation sites is 1. The fourth-order valence-corrected chi connectivity index (χ4v) is 2.39. The molecule has 1 aromatic heterocycles. The van der Waals surface area contributed by atoms with E-state index < -0.39 is 42.9 Å². The van der Waals surface area contributed by atoms with Crippen LogP contribution in [0.25, 0.3) is 10.9 Å². The van der Waals surface area contributed by atoms with Gasteiger partial charge < -0.3 is 8.37 Å². The van der Waals surface area contributed by atoms with Gasteiger partial charge in [-0.2, -0.15) is 43.2 Å². The maximum absolute atomic E-state index is 12.4. The van der Waals surface area contributed by atoms with E-state index in [4.69, 9.17) is 0 Å². The Morgan fingerprint density at radius 3 is 1.85 bits per heavy atom. The van der Waals surface area contributed by atoms with Crippen molar-refractivity contribution in [2.75, 3.05) is 0 Å².